The number of aromatic nitrogens is 4. The number of anilines is 1. The van der Waals surface area contributed by atoms with E-state index in [0.29, 0.717) is 33.3 Å². The Morgan fingerprint density at radius 1 is 1.18 bits per heavy atom. The van der Waals surface area contributed by atoms with E-state index in [1.807, 2.05) is 13.8 Å². The molecule has 0 fully saturated rings. The molecule has 9 heteroatoms. The van der Waals surface area contributed by atoms with E-state index in [1.165, 1.54) is 22.5 Å². The minimum atomic E-state index is -0.127. The first-order chi connectivity index (χ1) is 15.9. The van der Waals surface area contributed by atoms with Crippen LogP contribution in [-0.2, 0) is 24.1 Å². The highest BCUT2D eigenvalue weighted by atomic mass is 35.5. The molecule has 5 rings (SSSR count). The van der Waals surface area contributed by atoms with Crippen molar-refractivity contribution in [2.45, 2.75) is 46.0 Å². The van der Waals surface area contributed by atoms with Gasteiger partial charge >= 0.3 is 0 Å². The number of hydrogen-bond acceptors (Lipinski definition) is 6. The molecule has 7 nitrogen and oxygen atoms in total. The Balaban J connectivity index is 1.37. The van der Waals surface area contributed by atoms with Gasteiger partial charge in [0.15, 0.2) is 5.78 Å². The molecule has 1 N–H and O–H groups in total. The highest BCUT2D eigenvalue weighted by molar-refractivity contribution is 7.17. The maximum atomic E-state index is 13.3. The van der Waals surface area contributed by atoms with Crippen LogP contribution in [0.5, 0.6) is 0 Å². The van der Waals surface area contributed by atoms with Gasteiger partial charge in [-0.1, -0.05) is 11.6 Å². The lowest BCUT2D eigenvalue weighted by Crippen LogP contribution is -2.16. The summed E-state index contributed by atoms with van der Waals surface area (Å²) in [5.41, 5.74) is 5.02. The lowest BCUT2D eigenvalue weighted by molar-refractivity contribution is -0.116. The zero-order valence-electron chi connectivity index (χ0n) is 18.3. The van der Waals surface area contributed by atoms with Crippen molar-refractivity contribution in [2.24, 2.45) is 0 Å². The largest absolute Gasteiger partial charge is 0.317 e. The standard InChI is InChI=1S/C24H22ClN5O2S/c1-13-17(14(2)30-24(28-13)26-12-27-30)10-11-20(31)29-23-21(18-4-3-5-19(18)33-23)22(32)15-6-8-16(25)9-7-15/h6-9,12H,3-5,10-11H2,1-2H3,(H,29,31). The second kappa shape index (κ2) is 8.68. The van der Waals surface area contributed by atoms with E-state index in [0.717, 1.165) is 41.8 Å². The third-order valence-corrected chi connectivity index (χ3v) is 7.56. The third kappa shape index (κ3) is 4.05. The number of halogens is 1. The molecule has 0 bridgehead atoms. The summed E-state index contributed by atoms with van der Waals surface area (Å²) in [5, 5.41) is 8.45. The second-order valence-electron chi connectivity index (χ2n) is 8.18. The van der Waals surface area contributed by atoms with Gasteiger partial charge in [-0.2, -0.15) is 10.1 Å². The highest BCUT2D eigenvalue weighted by Gasteiger charge is 2.28. The molecule has 0 unspecified atom stereocenters. The number of aryl methyl sites for hydroxylation is 3. The normalized spacial score (nSPS) is 12.8. The van der Waals surface area contributed by atoms with Gasteiger partial charge in [0.25, 0.3) is 5.78 Å². The zero-order valence-corrected chi connectivity index (χ0v) is 19.9. The number of carbonyl (C=O) groups is 2. The van der Waals surface area contributed by atoms with Crippen LogP contribution in [0.1, 0.15) is 56.2 Å². The van der Waals surface area contributed by atoms with Crippen molar-refractivity contribution < 1.29 is 9.59 Å². The Hall–Kier alpha value is -3.10. The number of rotatable bonds is 6. The van der Waals surface area contributed by atoms with E-state index in [4.69, 9.17) is 11.6 Å². The van der Waals surface area contributed by atoms with Gasteiger partial charge < -0.3 is 5.32 Å². The first kappa shape index (κ1) is 21.7. The van der Waals surface area contributed by atoms with E-state index < -0.39 is 0 Å². The number of nitrogens with zero attached hydrogens (tertiary/aromatic N) is 4. The summed E-state index contributed by atoms with van der Waals surface area (Å²) in [7, 11) is 0. The first-order valence-electron chi connectivity index (χ1n) is 10.8. The van der Waals surface area contributed by atoms with Crippen LogP contribution >= 0.6 is 22.9 Å². The Bertz CT molecular complexity index is 1390. The number of fused-ring (bicyclic) bond motifs is 2. The van der Waals surface area contributed by atoms with E-state index in [2.05, 4.69) is 20.4 Å². The predicted molar refractivity (Wildman–Crippen MR) is 128 cm³/mol. The van der Waals surface area contributed by atoms with E-state index >= 15 is 0 Å². The molecule has 0 aliphatic heterocycles. The summed E-state index contributed by atoms with van der Waals surface area (Å²) < 4.78 is 1.69. The lowest BCUT2D eigenvalue weighted by Gasteiger charge is -2.11. The predicted octanol–water partition coefficient (Wildman–Crippen LogP) is 4.75. The Kier molecular flexibility index (Phi) is 5.72. The maximum absolute atomic E-state index is 13.3. The number of benzene rings is 1. The minimum Gasteiger partial charge on any atom is -0.317 e. The summed E-state index contributed by atoms with van der Waals surface area (Å²) >= 11 is 7.51. The van der Waals surface area contributed by atoms with Crippen LogP contribution in [0, 0.1) is 13.8 Å². The van der Waals surface area contributed by atoms with E-state index in [-0.39, 0.29) is 18.1 Å². The summed E-state index contributed by atoms with van der Waals surface area (Å²) in [4.78, 5) is 36.1. The Morgan fingerprint density at radius 3 is 2.76 bits per heavy atom. The van der Waals surface area contributed by atoms with Crippen LogP contribution in [-0.4, -0.2) is 31.3 Å². The first-order valence-corrected chi connectivity index (χ1v) is 12.0. The quantitative estimate of drug-likeness (QED) is 0.403. The van der Waals surface area contributed by atoms with Gasteiger partial charge in [0.2, 0.25) is 5.91 Å². The molecular weight excluding hydrogens is 458 g/mol. The van der Waals surface area contributed by atoms with Gasteiger partial charge in [0.1, 0.15) is 11.3 Å². The van der Waals surface area contributed by atoms with Crippen molar-refractivity contribution in [3.8, 4) is 0 Å². The molecule has 1 aliphatic carbocycles. The van der Waals surface area contributed by atoms with Crippen molar-refractivity contribution in [1.29, 1.82) is 0 Å². The highest BCUT2D eigenvalue weighted by Crippen LogP contribution is 2.40. The molecule has 0 spiro atoms. The summed E-state index contributed by atoms with van der Waals surface area (Å²) in [6, 6.07) is 6.89. The van der Waals surface area contributed by atoms with Crippen LogP contribution in [0.4, 0.5) is 5.00 Å². The topological polar surface area (TPSA) is 89.2 Å². The zero-order chi connectivity index (χ0) is 23.1. The summed E-state index contributed by atoms with van der Waals surface area (Å²) in [5.74, 6) is 0.350. The molecule has 1 amide bonds. The molecule has 0 atom stereocenters. The summed E-state index contributed by atoms with van der Waals surface area (Å²) in [6.07, 6.45) is 5.11. The van der Waals surface area contributed by atoms with Crippen molar-refractivity contribution in [3.63, 3.8) is 0 Å². The number of amides is 1. The van der Waals surface area contributed by atoms with Crippen molar-refractivity contribution in [3.05, 3.63) is 74.1 Å². The van der Waals surface area contributed by atoms with Gasteiger partial charge in [-0.3, -0.25) is 9.59 Å². The number of hydrogen-bond donors (Lipinski definition) is 1. The molecule has 3 aromatic heterocycles. The number of nitrogens with one attached hydrogen (secondary N) is 1. The molecule has 0 radical (unpaired) electrons. The fourth-order valence-electron chi connectivity index (χ4n) is 4.42. The Morgan fingerprint density at radius 2 is 1.97 bits per heavy atom. The number of ketones is 1. The molecule has 1 aromatic carbocycles. The molecule has 168 valence electrons. The fraction of sp³-hybridized carbons (Fsp3) is 0.292. The molecular formula is C24H22ClN5O2S. The van der Waals surface area contributed by atoms with E-state index in [1.54, 1.807) is 28.8 Å². The van der Waals surface area contributed by atoms with Crippen molar-refractivity contribution in [2.75, 3.05) is 5.32 Å². The summed E-state index contributed by atoms with van der Waals surface area (Å²) in [6.45, 7) is 3.87. The average Bonchev–Trinajstić information content (AvgIpc) is 3.50. The van der Waals surface area contributed by atoms with Gasteiger partial charge in [-0.05, 0) is 74.9 Å². The average molecular weight is 480 g/mol. The maximum Gasteiger partial charge on any atom is 0.252 e. The van der Waals surface area contributed by atoms with Gasteiger partial charge in [-0.15, -0.1) is 11.3 Å². The Labute approximate surface area is 199 Å². The van der Waals surface area contributed by atoms with Crippen LogP contribution in [0.25, 0.3) is 5.78 Å². The fourth-order valence-corrected chi connectivity index (χ4v) is 5.85. The number of carbonyl (C=O) groups excluding carboxylic acids is 2. The molecule has 33 heavy (non-hydrogen) atoms. The molecule has 0 saturated carbocycles. The SMILES string of the molecule is Cc1nc2ncnn2c(C)c1CCC(=O)Nc1sc2c(c1C(=O)c1ccc(Cl)cc1)CCC2. The van der Waals surface area contributed by atoms with Gasteiger partial charge in [0.05, 0.1) is 5.56 Å². The van der Waals surface area contributed by atoms with Crippen LogP contribution < -0.4 is 5.32 Å². The van der Waals surface area contributed by atoms with Gasteiger partial charge in [0, 0.05) is 33.3 Å². The minimum absolute atomic E-state index is 0.0751. The van der Waals surface area contributed by atoms with E-state index in [9.17, 15) is 9.59 Å². The number of thiophene rings is 1. The van der Waals surface area contributed by atoms with Crippen LogP contribution in [0.15, 0.2) is 30.6 Å². The monoisotopic (exact) mass is 479 g/mol. The molecule has 4 aromatic rings. The van der Waals surface area contributed by atoms with Gasteiger partial charge in [-0.25, -0.2) is 9.50 Å². The van der Waals surface area contributed by atoms with Crippen LogP contribution in [0.2, 0.25) is 5.02 Å². The van der Waals surface area contributed by atoms with Crippen molar-refractivity contribution >= 4 is 45.4 Å². The molecule has 1 aliphatic rings. The van der Waals surface area contributed by atoms with Crippen molar-refractivity contribution in [1.82, 2.24) is 19.6 Å². The molecule has 0 saturated heterocycles. The molecule has 3 heterocycles. The second-order valence-corrected chi connectivity index (χ2v) is 9.72. The lowest BCUT2D eigenvalue weighted by atomic mass is 10.00. The van der Waals surface area contributed by atoms with Crippen LogP contribution in [0.3, 0.4) is 0 Å². The smallest absolute Gasteiger partial charge is 0.252 e. The third-order valence-electron chi connectivity index (χ3n) is 6.10.